The molecule has 0 spiro atoms. The molecule has 1 saturated carbocycles. The van der Waals surface area contributed by atoms with Crippen molar-refractivity contribution < 1.29 is 18.3 Å². The zero-order chi connectivity index (χ0) is 18.4. The van der Waals surface area contributed by atoms with Crippen molar-refractivity contribution in [3.8, 4) is 17.2 Å². The molecule has 2 aromatic carbocycles. The van der Waals surface area contributed by atoms with Gasteiger partial charge in [-0.25, -0.2) is 13.5 Å². The van der Waals surface area contributed by atoms with Gasteiger partial charge in [0.25, 0.3) is 0 Å². The maximum atomic E-state index is 13.4. The van der Waals surface area contributed by atoms with E-state index in [1.165, 1.54) is 12.1 Å². The predicted molar refractivity (Wildman–Crippen MR) is 91.8 cm³/mol. The summed E-state index contributed by atoms with van der Waals surface area (Å²) in [7, 11) is 0. The minimum absolute atomic E-state index is 0.190. The number of rotatable bonds is 5. The van der Waals surface area contributed by atoms with Gasteiger partial charge in [0.2, 0.25) is 6.79 Å². The lowest BCUT2D eigenvalue weighted by Crippen LogP contribution is -2.19. The van der Waals surface area contributed by atoms with Crippen molar-refractivity contribution in [3.63, 3.8) is 0 Å². The first-order chi connectivity index (χ1) is 13.2. The molecule has 0 amide bonds. The summed E-state index contributed by atoms with van der Waals surface area (Å²) >= 11 is 0. The van der Waals surface area contributed by atoms with Crippen LogP contribution in [0.4, 0.5) is 8.78 Å². The van der Waals surface area contributed by atoms with Gasteiger partial charge in [0, 0.05) is 24.6 Å². The smallest absolute Gasteiger partial charge is 0.231 e. The van der Waals surface area contributed by atoms with Crippen LogP contribution in [-0.4, -0.2) is 27.8 Å². The molecule has 27 heavy (non-hydrogen) atoms. The molecule has 3 aromatic rings. The molecule has 1 aromatic heterocycles. The Morgan fingerprint density at radius 1 is 1.07 bits per heavy atom. The van der Waals surface area contributed by atoms with E-state index in [1.807, 2.05) is 18.2 Å². The molecule has 1 N–H and O–H groups in total. The van der Waals surface area contributed by atoms with Crippen molar-refractivity contribution in [2.75, 3.05) is 6.79 Å². The van der Waals surface area contributed by atoms with Gasteiger partial charge in [-0.15, -0.1) is 5.10 Å². The van der Waals surface area contributed by atoms with Crippen LogP contribution in [0.3, 0.4) is 0 Å². The average Bonchev–Trinajstić information content (AvgIpc) is 3.07. The Morgan fingerprint density at radius 3 is 2.85 bits per heavy atom. The summed E-state index contributed by atoms with van der Waals surface area (Å²) in [4.78, 5) is 0. The Balaban J connectivity index is 1.27. The lowest BCUT2D eigenvalue weighted by Gasteiger charge is -2.08. The van der Waals surface area contributed by atoms with Crippen LogP contribution in [0.1, 0.15) is 23.6 Å². The van der Waals surface area contributed by atoms with Gasteiger partial charge in [-0.2, -0.15) is 0 Å². The van der Waals surface area contributed by atoms with Crippen molar-refractivity contribution in [1.29, 1.82) is 0 Å². The normalized spacial score (nSPS) is 20.1. The lowest BCUT2D eigenvalue weighted by atomic mass is 10.1. The van der Waals surface area contributed by atoms with Gasteiger partial charge in [-0.3, -0.25) is 0 Å². The van der Waals surface area contributed by atoms with Crippen LogP contribution in [0.2, 0.25) is 0 Å². The summed E-state index contributed by atoms with van der Waals surface area (Å²) in [5.74, 6) is -0.0331. The number of ether oxygens (including phenoxy) is 2. The SMILES string of the molecule is Fc1ccc([C@@H]2C[C@H]2NCc2cnnn2-c2ccc3c(c2)OCO3)cc1F. The third-order valence-corrected chi connectivity index (χ3v) is 4.93. The van der Waals surface area contributed by atoms with Crippen molar-refractivity contribution >= 4 is 0 Å². The fourth-order valence-corrected chi connectivity index (χ4v) is 3.38. The zero-order valence-electron chi connectivity index (χ0n) is 14.2. The summed E-state index contributed by atoms with van der Waals surface area (Å²) in [5.41, 5.74) is 2.54. The van der Waals surface area contributed by atoms with Crippen LogP contribution in [-0.2, 0) is 6.54 Å². The summed E-state index contributed by atoms with van der Waals surface area (Å²) in [5, 5.41) is 11.6. The van der Waals surface area contributed by atoms with Crippen LogP contribution >= 0.6 is 0 Å². The Morgan fingerprint density at radius 2 is 1.96 bits per heavy atom. The van der Waals surface area contributed by atoms with Gasteiger partial charge < -0.3 is 14.8 Å². The summed E-state index contributed by atoms with van der Waals surface area (Å²) in [6.07, 6.45) is 2.59. The Hall–Kier alpha value is -3.00. The van der Waals surface area contributed by atoms with E-state index in [1.54, 1.807) is 16.9 Å². The van der Waals surface area contributed by atoms with Crippen LogP contribution < -0.4 is 14.8 Å². The fraction of sp³-hybridized carbons (Fsp3) is 0.263. The van der Waals surface area contributed by atoms with E-state index in [9.17, 15) is 8.78 Å². The summed E-state index contributed by atoms with van der Waals surface area (Å²) in [6, 6.07) is 9.92. The second-order valence-corrected chi connectivity index (χ2v) is 6.68. The first-order valence-electron chi connectivity index (χ1n) is 8.67. The topological polar surface area (TPSA) is 61.2 Å². The molecular formula is C19H16F2N4O2. The molecule has 0 radical (unpaired) electrons. The minimum Gasteiger partial charge on any atom is -0.454 e. The molecule has 1 fully saturated rings. The summed E-state index contributed by atoms with van der Waals surface area (Å²) in [6.45, 7) is 0.782. The standard InChI is InChI=1S/C19H16F2N4O2/c20-15-3-1-11(5-16(15)21)14-7-17(14)22-8-13-9-23-24-25(13)12-2-4-18-19(6-12)27-10-26-18/h1-6,9,14,17,22H,7-8,10H2/t14-,17+/m0/s1. The maximum Gasteiger partial charge on any atom is 0.231 e. The van der Waals surface area contributed by atoms with E-state index in [2.05, 4.69) is 15.6 Å². The van der Waals surface area contributed by atoms with Gasteiger partial charge in [-0.05, 0) is 36.2 Å². The second kappa shape index (κ2) is 6.31. The molecule has 2 aliphatic rings. The number of aromatic nitrogens is 3. The number of halogens is 2. The molecule has 5 rings (SSSR count). The third-order valence-electron chi connectivity index (χ3n) is 4.93. The number of hydrogen-bond donors (Lipinski definition) is 1. The molecule has 138 valence electrons. The molecule has 6 nitrogen and oxygen atoms in total. The van der Waals surface area contributed by atoms with Gasteiger partial charge in [0.15, 0.2) is 23.1 Å². The number of benzene rings is 2. The molecule has 0 saturated heterocycles. The lowest BCUT2D eigenvalue weighted by molar-refractivity contribution is 0.174. The predicted octanol–water partition coefficient (Wildman–Crippen LogP) is 2.92. The van der Waals surface area contributed by atoms with Crippen molar-refractivity contribution in [3.05, 3.63) is 65.5 Å². The number of nitrogens with one attached hydrogen (secondary N) is 1. The minimum atomic E-state index is -0.817. The van der Waals surface area contributed by atoms with E-state index < -0.39 is 11.6 Å². The molecule has 0 unspecified atom stereocenters. The molecule has 1 aliphatic carbocycles. The fourth-order valence-electron chi connectivity index (χ4n) is 3.38. The van der Waals surface area contributed by atoms with Gasteiger partial charge in [0.05, 0.1) is 17.6 Å². The Bertz CT molecular complexity index is 1010. The van der Waals surface area contributed by atoms with E-state index >= 15 is 0 Å². The summed E-state index contributed by atoms with van der Waals surface area (Å²) < 4.78 is 39.0. The third kappa shape index (κ3) is 3.02. The van der Waals surface area contributed by atoms with Crippen LogP contribution in [0.15, 0.2) is 42.6 Å². The van der Waals surface area contributed by atoms with E-state index in [0.29, 0.717) is 18.0 Å². The number of hydrogen-bond acceptors (Lipinski definition) is 5. The van der Waals surface area contributed by atoms with Crippen molar-refractivity contribution in [2.45, 2.75) is 24.9 Å². The average molecular weight is 370 g/mol. The molecule has 0 bridgehead atoms. The van der Waals surface area contributed by atoms with Gasteiger partial charge >= 0.3 is 0 Å². The maximum absolute atomic E-state index is 13.4. The monoisotopic (exact) mass is 370 g/mol. The molecule has 8 heteroatoms. The largest absolute Gasteiger partial charge is 0.454 e. The quantitative estimate of drug-likeness (QED) is 0.748. The second-order valence-electron chi connectivity index (χ2n) is 6.68. The van der Waals surface area contributed by atoms with E-state index in [0.717, 1.165) is 23.4 Å². The van der Waals surface area contributed by atoms with Crippen LogP contribution in [0.5, 0.6) is 11.5 Å². The van der Waals surface area contributed by atoms with Gasteiger partial charge in [0.1, 0.15) is 0 Å². The van der Waals surface area contributed by atoms with Crippen molar-refractivity contribution in [1.82, 2.24) is 20.3 Å². The Labute approximate surface area is 153 Å². The first kappa shape index (κ1) is 16.2. The molecule has 2 atom stereocenters. The number of fused-ring (bicyclic) bond motifs is 1. The molecule has 1 aliphatic heterocycles. The van der Waals surface area contributed by atoms with Crippen LogP contribution in [0.25, 0.3) is 5.69 Å². The highest BCUT2D eigenvalue weighted by Gasteiger charge is 2.38. The van der Waals surface area contributed by atoms with Crippen LogP contribution in [0, 0.1) is 11.6 Å². The zero-order valence-corrected chi connectivity index (χ0v) is 14.2. The highest BCUT2D eigenvalue weighted by Crippen LogP contribution is 2.41. The van der Waals surface area contributed by atoms with Crippen molar-refractivity contribution in [2.24, 2.45) is 0 Å². The highest BCUT2D eigenvalue weighted by atomic mass is 19.2. The highest BCUT2D eigenvalue weighted by molar-refractivity contribution is 5.50. The first-order valence-corrected chi connectivity index (χ1v) is 8.67. The van der Waals surface area contributed by atoms with E-state index in [4.69, 9.17) is 9.47 Å². The van der Waals surface area contributed by atoms with E-state index in [-0.39, 0.29) is 18.8 Å². The molecule has 2 heterocycles. The molecular weight excluding hydrogens is 354 g/mol. The number of nitrogens with zero attached hydrogens (tertiary/aromatic N) is 3. The Kier molecular flexibility index (Phi) is 3.78. The van der Waals surface area contributed by atoms with Gasteiger partial charge in [-0.1, -0.05) is 11.3 Å².